The first-order valence-corrected chi connectivity index (χ1v) is 4.81. The minimum atomic E-state index is -1.49. The third kappa shape index (κ3) is 3.61. The van der Waals surface area contributed by atoms with Gasteiger partial charge in [-0.1, -0.05) is 18.2 Å². The van der Waals surface area contributed by atoms with E-state index < -0.39 is 11.9 Å². The summed E-state index contributed by atoms with van der Waals surface area (Å²) in [5.41, 5.74) is 0.993. The fraction of sp³-hybridized carbons (Fsp3) is 0.273. The lowest BCUT2D eigenvalue weighted by atomic mass is 10.2. The molecule has 0 saturated carbocycles. The van der Waals surface area contributed by atoms with Gasteiger partial charge in [0.2, 0.25) is 0 Å². The Labute approximate surface area is 93.0 Å². The number of carboxylic acids is 1. The average Bonchev–Trinajstić information content (AvgIpc) is 2.26. The molecule has 0 fully saturated rings. The number of amides is 1. The lowest BCUT2D eigenvalue weighted by Gasteiger charge is -2.08. The molecule has 0 aromatic heterocycles. The first-order valence-electron chi connectivity index (χ1n) is 4.81. The second-order valence-corrected chi connectivity index (χ2v) is 3.18. The fourth-order valence-corrected chi connectivity index (χ4v) is 1.12. The summed E-state index contributed by atoms with van der Waals surface area (Å²) >= 11 is 0. The largest absolute Gasteiger partial charge is 0.491 e. The molecular formula is C11H13NO4. The number of hydrogen-bond donors (Lipinski definition) is 2. The molecule has 0 aliphatic heterocycles. The van der Waals surface area contributed by atoms with Crippen LogP contribution in [-0.4, -0.2) is 30.1 Å². The summed E-state index contributed by atoms with van der Waals surface area (Å²) in [6.45, 7) is 2.31. The highest BCUT2D eigenvalue weighted by molar-refractivity contribution is 6.31. The Hall–Kier alpha value is -2.04. The molecule has 0 atom stereocenters. The number of hydrogen-bond acceptors (Lipinski definition) is 3. The van der Waals surface area contributed by atoms with E-state index in [1.54, 1.807) is 0 Å². The standard InChI is InChI=1S/C11H13NO4/c1-8-4-2-3-5-9(8)16-7-6-12-10(13)11(14)15/h2-5H,6-7H2,1H3,(H,12,13)(H,14,15). The Morgan fingerprint density at radius 1 is 1.38 bits per heavy atom. The average molecular weight is 223 g/mol. The number of ether oxygens (including phenoxy) is 1. The van der Waals surface area contributed by atoms with Crippen LogP contribution in [0.1, 0.15) is 5.56 Å². The highest BCUT2D eigenvalue weighted by Gasteiger charge is 2.09. The molecule has 1 aromatic rings. The molecule has 0 saturated heterocycles. The van der Waals surface area contributed by atoms with Gasteiger partial charge >= 0.3 is 11.9 Å². The third-order valence-corrected chi connectivity index (χ3v) is 1.93. The van der Waals surface area contributed by atoms with Crippen molar-refractivity contribution in [3.8, 4) is 5.75 Å². The van der Waals surface area contributed by atoms with Crippen LogP contribution in [0.3, 0.4) is 0 Å². The van der Waals surface area contributed by atoms with Crippen molar-refractivity contribution in [2.24, 2.45) is 0 Å². The second kappa shape index (κ2) is 5.75. The van der Waals surface area contributed by atoms with Crippen LogP contribution in [0.25, 0.3) is 0 Å². The summed E-state index contributed by atoms with van der Waals surface area (Å²) in [5, 5.41) is 10.5. The van der Waals surface area contributed by atoms with Gasteiger partial charge in [0.1, 0.15) is 12.4 Å². The first kappa shape index (κ1) is 12.0. The maximum Gasteiger partial charge on any atom is 0.394 e. The molecule has 0 radical (unpaired) electrons. The van der Waals surface area contributed by atoms with Gasteiger partial charge in [-0.25, -0.2) is 4.79 Å². The van der Waals surface area contributed by atoms with E-state index in [0.717, 1.165) is 11.3 Å². The molecule has 5 nitrogen and oxygen atoms in total. The molecule has 5 heteroatoms. The Kier molecular flexibility index (Phi) is 4.32. The van der Waals surface area contributed by atoms with Gasteiger partial charge in [-0.3, -0.25) is 4.79 Å². The molecule has 1 amide bonds. The normalized spacial score (nSPS) is 9.56. The molecule has 86 valence electrons. The van der Waals surface area contributed by atoms with Crippen molar-refractivity contribution in [2.45, 2.75) is 6.92 Å². The van der Waals surface area contributed by atoms with Crippen LogP contribution >= 0.6 is 0 Å². The van der Waals surface area contributed by atoms with Crippen molar-refractivity contribution in [3.05, 3.63) is 29.8 Å². The lowest BCUT2D eigenvalue weighted by molar-refractivity contribution is -0.150. The van der Waals surface area contributed by atoms with Crippen LogP contribution < -0.4 is 10.1 Å². The van der Waals surface area contributed by atoms with E-state index in [1.807, 2.05) is 31.2 Å². The van der Waals surface area contributed by atoms with E-state index >= 15 is 0 Å². The van der Waals surface area contributed by atoms with Gasteiger partial charge in [-0.15, -0.1) is 0 Å². The number of carbonyl (C=O) groups is 2. The van der Waals surface area contributed by atoms with Gasteiger partial charge in [0.05, 0.1) is 6.54 Å². The smallest absolute Gasteiger partial charge is 0.394 e. The molecular weight excluding hydrogens is 210 g/mol. The number of carboxylic acid groups (broad SMARTS) is 1. The van der Waals surface area contributed by atoms with Crippen LogP contribution in [0, 0.1) is 6.92 Å². The maximum atomic E-state index is 10.7. The Bertz CT molecular complexity index is 389. The zero-order valence-corrected chi connectivity index (χ0v) is 8.90. The number of benzene rings is 1. The molecule has 0 aliphatic carbocycles. The zero-order valence-electron chi connectivity index (χ0n) is 8.90. The zero-order chi connectivity index (χ0) is 12.0. The summed E-state index contributed by atoms with van der Waals surface area (Å²) < 4.78 is 5.36. The molecule has 1 rings (SSSR count). The van der Waals surface area contributed by atoms with Crippen molar-refractivity contribution in [3.63, 3.8) is 0 Å². The Balaban J connectivity index is 2.29. The molecule has 0 aliphatic rings. The first-order chi connectivity index (χ1) is 7.61. The molecule has 0 heterocycles. The summed E-state index contributed by atoms with van der Waals surface area (Å²) in [7, 11) is 0. The Morgan fingerprint density at radius 3 is 2.69 bits per heavy atom. The van der Waals surface area contributed by atoms with Crippen molar-refractivity contribution in [1.82, 2.24) is 5.32 Å². The molecule has 0 bridgehead atoms. The summed E-state index contributed by atoms with van der Waals surface area (Å²) in [5.74, 6) is -1.78. The molecule has 16 heavy (non-hydrogen) atoms. The minimum Gasteiger partial charge on any atom is -0.491 e. The number of para-hydroxylation sites is 1. The Morgan fingerprint density at radius 2 is 2.06 bits per heavy atom. The van der Waals surface area contributed by atoms with Gasteiger partial charge in [0, 0.05) is 0 Å². The molecule has 0 spiro atoms. The van der Waals surface area contributed by atoms with E-state index in [-0.39, 0.29) is 13.2 Å². The van der Waals surface area contributed by atoms with Gasteiger partial charge < -0.3 is 15.2 Å². The van der Waals surface area contributed by atoms with Crippen LogP contribution in [0.15, 0.2) is 24.3 Å². The number of nitrogens with one attached hydrogen (secondary N) is 1. The van der Waals surface area contributed by atoms with Gasteiger partial charge in [-0.2, -0.15) is 0 Å². The van der Waals surface area contributed by atoms with E-state index in [9.17, 15) is 9.59 Å². The van der Waals surface area contributed by atoms with Crippen molar-refractivity contribution in [2.75, 3.05) is 13.2 Å². The van der Waals surface area contributed by atoms with Crippen LogP contribution in [0.5, 0.6) is 5.75 Å². The molecule has 2 N–H and O–H groups in total. The summed E-state index contributed by atoms with van der Waals surface area (Å²) in [6.07, 6.45) is 0. The number of carbonyl (C=O) groups excluding carboxylic acids is 1. The topological polar surface area (TPSA) is 75.6 Å². The van der Waals surface area contributed by atoms with Crippen molar-refractivity contribution < 1.29 is 19.4 Å². The van der Waals surface area contributed by atoms with Gasteiger partial charge in [0.15, 0.2) is 0 Å². The van der Waals surface area contributed by atoms with E-state index in [2.05, 4.69) is 5.32 Å². The lowest BCUT2D eigenvalue weighted by Crippen LogP contribution is -2.33. The van der Waals surface area contributed by atoms with Crippen LogP contribution in [0.2, 0.25) is 0 Å². The monoisotopic (exact) mass is 223 g/mol. The SMILES string of the molecule is Cc1ccccc1OCCNC(=O)C(=O)O. The molecule has 0 unspecified atom stereocenters. The summed E-state index contributed by atoms with van der Waals surface area (Å²) in [6, 6.07) is 7.46. The predicted molar refractivity (Wildman–Crippen MR) is 57.3 cm³/mol. The van der Waals surface area contributed by atoms with Gasteiger partial charge in [0.25, 0.3) is 0 Å². The van der Waals surface area contributed by atoms with Gasteiger partial charge in [-0.05, 0) is 18.6 Å². The predicted octanol–water partition coefficient (Wildman–Crippen LogP) is 0.575. The fourth-order valence-electron chi connectivity index (χ4n) is 1.12. The second-order valence-electron chi connectivity index (χ2n) is 3.18. The molecule has 1 aromatic carbocycles. The quantitative estimate of drug-likeness (QED) is 0.578. The number of aryl methyl sites for hydroxylation is 1. The summed E-state index contributed by atoms with van der Waals surface area (Å²) in [4.78, 5) is 20.8. The van der Waals surface area contributed by atoms with Crippen LogP contribution in [-0.2, 0) is 9.59 Å². The number of aliphatic carboxylic acids is 1. The van der Waals surface area contributed by atoms with Crippen LogP contribution in [0.4, 0.5) is 0 Å². The third-order valence-electron chi connectivity index (χ3n) is 1.93. The minimum absolute atomic E-state index is 0.166. The van der Waals surface area contributed by atoms with Crippen molar-refractivity contribution >= 4 is 11.9 Å². The maximum absolute atomic E-state index is 10.7. The van der Waals surface area contributed by atoms with E-state index in [0.29, 0.717) is 0 Å². The van der Waals surface area contributed by atoms with E-state index in [4.69, 9.17) is 9.84 Å². The number of rotatable bonds is 4. The highest BCUT2D eigenvalue weighted by Crippen LogP contribution is 2.15. The highest BCUT2D eigenvalue weighted by atomic mass is 16.5. The van der Waals surface area contributed by atoms with Crippen molar-refractivity contribution in [1.29, 1.82) is 0 Å². The van der Waals surface area contributed by atoms with E-state index in [1.165, 1.54) is 0 Å².